The molecule has 1 N–H and O–H groups in total. The van der Waals surface area contributed by atoms with Crippen LogP contribution in [0.2, 0.25) is 5.02 Å². The lowest BCUT2D eigenvalue weighted by Crippen LogP contribution is -2.23. The number of aromatic nitrogens is 1. The highest BCUT2D eigenvalue weighted by Gasteiger charge is 2.16. The summed E-state index contributed by atoms with van der Waals surface area (Å²) in [7, 11) is 0. The molecule has 96 valence electrons. The lowest BCUT2D eigenvalue weighted by molar-refractivity contribution is 0.596. The molecule has 0 fully saturated rings. The molecule has 1 heterocycles. The Balaban J connectivity index is 2.30. The molecule has 0 bridgehead atoms. The molecule has 2 rings (SSSR count). The van der Waals surface area contributed by atoms with E-state index in [0.29, 0.717) is 0 Å². The van der Waals surface area contributed by atoms with Crippen LogP contribution in [0.15, 0.2) is 34.2 Å². The van der Waals surface area contributed by atoms with Crippen LogP contribution >= 0.6 is 38.9 Å². The van der Waals surface area contributed by atoms with Gasteiger partial charge in [-0.1, -0.05) is 24.6 Å². The van der Waals surface area contributed by atoms with E-state index in [1.807, 2.05) is 23.7 Å². The Bertz CT molecular complexity index is 502. The molecule has 0 saturated heterocycles. The van der Waals surface area contributed by atoms with E-state index in [9.17, 15) is 0 Å². The molecule has 0 spiro atoms. The van der Waals surface area contributed by atoms with E-state index in [1.165, 1.54) is 5.56 Å². The predicted molar refractivity (Wildman–Crippen MR) is 81.4 cm³/mol. The van der Waals surface area contributed by atoms with Gasteiger partial charge in [-0.05, 0) is 46.6 Å². The lowest BCUT2D eigenvalue weighted by Gasteiger charge is -2.17. The molecule has 1 aromatic heterocycles. The van der Waals surface area contributed by atoms with Gasteiger partial charge in [-0.15, -0.1) is 11.3 Å². The molecule has 0 saturated carbocycles. The van der Waals surface area contributed by atoms with Crippen LogP contribution in [0.5, 0.6) is 0 Å². The fourth-order valence-corrected chi connectivity index (χ4v) is 2.96. The summed E-state index contributed by atoms with van der Waals surface area (Å²) in [4.78, 5) is 4.41. The van der Waals surface area contributed by atoms with Crippen molar-refractivity contribution in [2.24, 2.45) is 0 Å². The van der Waals surface area contributed by atoms with Gasteiger partial charge in [0.2, 0.25) is 0 Å². The van der Waals surface area contributed by atoms with Crippen LogP contribution in [-0.2, 0) is 0 Å². The first-order valence-electron chi connectivity index (χ1n) is 5.80. The van der Waals surface area contributed by atoms with E-state index in [-0.39, 0.29) is 6.04 Å². The number of nitrogens with one attached hydrogen (secondary N) is 1. The monoisotopic (exact) mass is 344 g/mol. The van der Waals surface area contributed by atoms with Crippen molar-refractivity contribution in [2.75, 3.05) is 6.54 Å². The molecule has 0 aliphatic carbocycles. The molecule has 1 atom stereocenters. The quantitative estimate of drug-likeness (QED) is 0.853. The summed E-state index contributed by atoms with van der Waals surface area (Å²) in [6.45, 7) is 3.12. The lowest BCUT2D eigenvalue weighted by atomic mass is 10.1. The second-order valence-electron chi connectivity index (χ2n) is 3.93. The molecular formula is C13H14BrClN2S. The van der Waals surface area contributed by atoms with Gasteiger partial charge >= 0.3 is 0 Å². The fourth-order valence-electron chi connectivity index (χ4n) is 1.71. The Kier molecular flexibility index (Phi) is 5.18. The number of hydrogen-bond donors (Lipinski definition) is 1. The van der Waals surface area contributed by atoms with Gasteiger partial charge in [0.15, 0.2) is 0 Å². The summed E-state index contributed by atoms with van der Waals surface area (Å²) in [5.74, 6) is 0. The van der Waals surface area contributed by atoms with Crippen LogP contribution in [0.4, 0.5) is 0 Å². The molecule has 0 radical (unpaired) electrons. The van der Waals surface area contributed by atoms with Gasteiger partial charge in [-0.25, -0.2) is 4.98 Å². The minimum absolute atomic E-state index is 0.138. The minimum Gasteiger partial charge on any atom is -0.304 e. The van der Waals surface area contributed by atoms with E-state index in [1.54, 1.807) is 11.3 Å². The van der Waals surface area contributed by atoms with E-state index >= 15 is 0 Å². The topological polar surface area (TPSA) is 24.9 Å². The maximum Gasteiger partial charge on any atom is 0.114 e. The van der Waals surface area contributed by atoms with Gasteiger partial charge < -0.3 is 5.32 Å². The Morgan fingerprint density at radius 1 is 1.50 bits per heavy atom. The number of halogens is 2. The zero-order valence-corrected chi connectivity index (χ0v) is 13.1. The zero-order valence-electron chi connectivity index (χ0n) is 9.99. The van der Waals surface area contributed by atoms with Crippen LogP contribution < -0.4 is 5.32 Å². The van der Waals surface area contributed by atoms with Crippen molar-refractivity contribution >= 4 is 38.9 Å². The molecule has 0 aliphatic rings. The van der Waals surface area contributed by atoms with Crippen molar-refractivity contribution in [1.29, 1.82) is 0 Å². The van der Waals surface area contributed by atoms with Gasteiger partial charge in [0.25, 0.3) is 0 Å². The third-order valence-electron chi connectivity index (χ3n) is 2.57. The molecule has 2 nitrogen and oxygen atoms in total. The Morgan fingerprint density at radius 3 is 2.94 bits per heavy atom. The number of hydrogen-bond acceptors (Lipinski definition) is 3. The zero-order chi connectivity index (χ0) is 13.0. The van der Waals surface area contributed by atoms with Crippen molar-refractivity contribution in [3.63, 3.8) is 0 Å². The Labute approximate surface area is 125 Å². The summed E-state index contributed by atoms with van der Waals surface area (Å²) < 4.78 is 0.918. The summed E-state index contributed by atoms with van der Waals surface area (Å²) in [5, 5.41) is 7.33. The highest BCUT2D eigenvalue weighted by molar-refractivity contribution is 9.10. The Hall–Kier alpha value is -0.420. The van der Waals surface area contributed by atoms with Gasteiger partial charge in [0.05, 0.1) is 11.1 Å². The fraction of sp³-hybridized carbons (Fsp3) is 0.308. The predicted octanol–water partition coefficient (Wildman–Crippen LogP) is 4.65. The molecule has 5 heteroatoms. The molecule has 1 aromatic carbocycles. The largest absolute Gasteiger partial charge is 0.304 e. The molecule has 1 unspecified atom stereocenters. The van der Waals surface area contributed by atoms with E-state index in [2.05, 4.69) is 39.2 Å². The number of thiazole rings is 1. The number of nitrogens with zero attached hydrogens (tertiary/aromatic N) is 1. The standard InChI is InChI=1S/C13H14BrClN2S/c1-2-5-16-12(13-17-6-7-18-13)9-3-4-11(15)10(14)8-9/h3-4,6-8,12,16H,2,5H2,1H3. The Morgan fingerprint density at radius 2 is 2.33 bits per heavy atom. The van der Waals surface area contributed by atoms with Gasteiger partial charge in [0.1, 0.15) is 5.01 Å². The summed E-state index contributed by atoms with van der Waals surface area (Å²) in [5.41, 5.74) is 1.18. The molecule has 18 heavy (non-hydrogen) atoms. The number of rotatable bonds is 5. The maximum absolute atomic E-state index is 6.03. The van der Waals surface area contributed by atoms with Gasteiger partial charge in [-0.3, -0.25) is 0 Å². The smallest absolute Gasteiger partial charge is 0.114 e. The van der Waals surface area contributed by atoms with Gasteiger partial charge in [-0.2, -0.15) is 0 Å². The maximum atomic E-state index is 6.03. The SMILES string of the molecule is CCCNC(c1ccc(Cl)c(Br)c1)c1nccs1. The first-order valence-corrected chi connectivity index (χ1v) is 7.85. The highest BCUT2D eigenvalue weighted by atomic mass is 79.9. The molecule has 2 aromatic rings. The second-order valence-corrected chi connectivity index (χ2v) is 6.12. The van der Waals surface area contributed by atoms with E-state index < -0.39 is 0 Å². The van der Waals surface area contributed by atoms with Crippen molar-refractivity contribution in [2.45, 2.75) is 19.4 Å². The second kappa shape index (κ2) is 6.66. The molecule has 0 amide bonds. The molecule has 0 aliphatic heterocycles. The van der Waals surface area contributed by atoms with Crippen molar-refractivity contribution in [1.82, 2.24) is 10.3 Å². The summed E-state index contributed by atoms with van der Waals surface area (Å²) in [6.07, 6.45) is 2.93. The van der Waals surface area contributed by atoms with Crippen molar-refractivity contribution in [3.05, 3.63) is 49.8 Å². The normalized spacial score (nSPS) is 12.6. The third kappa shape index (κ3) is 3.32. The van der Waals surface area contributed by atoms with E-state index in [0.717, 1.165) is 27.5 Å². The average molecular weight is 346 g/mol. The van der Waals surface area contributed by atoms with Crippen LogP contribution in [0.1, 0.15) is 30.0 Å². The first kappa shape index (κ1) is 14.0. The summed E-state index contributed by atoms with van der Waals surface area (Å²) in [6, 6.07) is 6.15. The van der Waals surface area contributed by atoms with Gasteiger partial charge in [0, 0.05) is 16.0 Å². The van der Waals surface area contributed by atoms with E-state index in [4.69, 9.17) is 11.6 Å². The average Bonchev–Trinajstić information content (AvgIpc) is 2.88. The van der Waals surface area contributed by atoms with Crippen LogP contribution in [-0.4, -0.2) is 11.5 Å². The number of benzene rings is 1. The van der Waals surface area contributed by atoms with Crippen LogP contribution in [0.25, 0.3) is 0 Å². The van der Waals surface area contributed by atoms with Crippen LogP contribution in [0, 0.1) is 0 Å². The molecular weight excluding hydrogens is 332 g/mol. The van der Waals surface area contributed by atoms with Crippen molar-refractivity contribution < 1.29 is 0 Å². The van der Waals surface area contributed by atoms with Crippen molar-refractivity contribution in [3.8, 4) is 0 Å². The minimum atomic E-state index is 0.138. The first-order chi connectivity index (χ1) is 8.72. The third-order valence-corrected chi connectivity index (χ3v) is 4.63. The highest BCUT2D eigenvalue weighted by Crippen LogP contribution is 2.29. The van der Waals surface area contributed by atoms with Crippen LogP contribution in [0.3, 0.4) is 0 Å². The summed E-state index contributed by atoms with van der Waals surface area (Å²) >= 11 is 11.2.